The van der Waals surface area contributed by atoms with Gasteiger partial charge in [-0.1, -0.05) is 45.7 Å². The van der Waals surface area contributed by atoms with Crippen LogP contribution >= 0.6 is 27.5 Å². The van der Waals surface area contributed by atoms with E-state index in [4.69, 9.17) is 11.6 Å². The highest BCUT2D eigenvalue weighted by Crippen LogP contribution is 2.24. The topological polar surface area (TPSA) is 34.9 Å². The third kappa shape index (κ3) is 2.77. The molecule has 0 saturated carbocycles. The number of hydrogen-bond donors (Lipinski definition) is 0. The van der Waals surface area contributed by atoms with Gasteiger partial charge in [0.05, 0.1) is 16.9 Å². The van der Waals surface area contributed by atoms with E-state index in [2.05, 4.69) is 21.0 Å². The summed E-state index contributed by atoms with van der Waals surface area (Å²) in [4.78, 5) is 12.7. The van der Waals surface area contributed by atoms with Crippen molar-refractivity contribution in [3.05, 3.63) is 81.5 Å². The van der Waals surface area contributed by atoms with E-state index in [9.17, 15) is 4.79 Å². The minimum absolute atomic E-state index is 0.164. The zero-order valence-electron chi connectivity index (χ0n) is 10.8. The lowest BCUT2D eigenvalue weighted by Crippen LogP contribution is -2.10. The normalized spacial score (nSPS) is 10.6. The van der Waals surface area contributed by atoms with Crippen molar-refractivity contribution in [2.45, 2.75) is 0 Å². The first-order valence-corrected chi connectivity index (χ1v) is 7.43. The summed E-state index contributed by atoms with van der Waals surface area (Å²) in [7, 11) is 0. The highest BCUT2D eigenvalue weighted by molar-refractivity contribution is 9.10. The van der Waals surface area contributed by atoms with Gasteiger partial charge in [-0.05, 0) is 36.4 Å². The first kappa shape index (κ1) is 14.0. The average molecular weight is 362 g/mol. The van der Waals surface area contributed by atoms with Crippen molar-refractivity contribution in [3.8, 4) is 5.69 Å². The van der Waals surface area contributed by atoms with Crippen LogP contribution in [0.25, 0.3) is 5.69 Å². The number of para-hydroxylation sites is 1. The van der Waals surface area contributed by atoms with E-state index in [1.807, 2.05) is 30.3 Å². The fraction of sp³-hybridized carbons (Fsp3) is 0. The van der Waals surface area contributed by atoms with E-state index in [0.717, 1.165) is 10.2 Å². The number of carbonyl (C=O) groups excluding carboxylic acids is 1. The molecule has 3 aromatic rings. The Morgan fingerprint density at radius 3 is 2.62 bits per heavy atom. The number of rotatable bonds is 3. The zero-order chi connectivity index (χ0) is 14.8. The summed E-state index contributed by atoms with van der Waals surface area (Å²) >= 11 is 9.49. The lowest BCUT2D eigenvalue weighted by Gasteiger charge is -2.08. The Morgan fingerprint density at radius 2 is 1.86 bits per heavy atom. The van der Waals surface area contributed by atoms with Gasteiger partial charge in [0, 0.05) is 10.0 Å². The standard InChI is InChI=1S/C16H10BrClN2O/c17-11-6-7-14(18)13(10-11)16(21)15-8-9-19-20(15)12-4-2-1-3-5-12/h1-10H. The van der Waals surface area contributed by atoms with Crippen molar-refractivity contribution in [1.82, 2.24) is 9.78 Å². The Morgan fingerprint density at radius 1 is 1.10 bits per heavy atom. The Balaban J connectivity index is 2.08. The van der Waals surface area contributed by atoms with Gasteiger partial charge in [0.1, 0.15) is 5.69 Å². The van der Waals surface area contributed by atoms with E-state index in [-0.39, 0.29) is 5.78 Å². The van der Waals surface area contributed by atoms with Gasteiger partial charge in [-0.15, -0.1) is 0 Å². The quantitative estimate of drug-likeness (QED) is 0.643. The van der Waals surface area contributed by atoms with Gasteiger partial charge in [-0.3, -0.25) is 4.79 Å². The van der Waals surface area contributed by atoms with Gasteiger partial charge in [-0.2, -0.15) is 5.10 Å². The largest absolute Gasteiger partial charge is 0.287 e. The molecule has 0 aliphatic rings. The molecule has 0 amide bonds. The fourth-order valence-electron chi connectivity index (χ4n) is 2.06. The number of halogens is 2. The maximum atomic E-state index is 12.7. The van der Waals surface area contributed by atoms with Crippen LogP contribution in [0.5, 0.6) is 0 Å². The summed E-state index contributed by atoms with van der Waals surface area (Å²) in [5.41, 5.74) is 1.75. The molecule has 0 aliphatic heterocycles. The number of aromatic nitrogens is 2. The molecule has 3 nitrogen and oxygen atoms in total. The lowest BCUT2D eigenvalue weighted by molar-refractivity contribution is 0.103. The molecule has 21 heavy (non-hydrogen) atoms. The number of hydrogen-bond acceptors (Lipinski definition) is 2. The summed E-state index contributed by atoms with van der Waals surface area (Å²) in [5, 5.41) is 4.65. The van der Waals surface area contributed by atoms with Gasteiger partial charge in [0.2, 0.25) is 5.78 Å². The number of nitrogens with zero attached hydrogens (tertiary/aromatic N) is 2. The maximum Gasteiger partial charge on any atom is 0.213 e. The number of carbonyl (C=O) groups is 1. The third-order valence-electron chi connectivity index (χ3n) is 3.05. The van der Waals surface area contributed by atoms with E-state index in [1.165, 1.54) is 0 Å². The second kappa shape index (κ2) is 5.84. The Kier molecular flexibility index (Phi) is 3.90. The van der Waals surface area contributed by atoms with E-state index >= 15 is 0 Å². The second-order valence-corrected chi connectivity index (χ2v) is 5.74. The predicted octanol–water partition coefficient (Wildman–Crippen LogP) is 4.52. The van der Waals surface area contributed by atoms with Crippen molar-refractivity contribution in [2.75, 3.05) is 0 Å². The van der Waals surface area contributed by atoms with Gasteiger partial charge < -0.3 is 0 Å². The monoisotopic (exact) mass is 360 g/mol. The van der Waals surface area contributed by atoms with Crippen LogP contribution in [0.1, 0.15) is 16.1 Å². The molecule has 3 rings (SSSR count). The first-order chi connectivity index (χ1) is 10.2. The number of ketones is 1. The molecule has 104 valence electrons. The minimum atomic E-state index is -0.164. The molecule has 1 aromatic heterocycles. The smallest absolute Gasteiger partial charge is 0.213 e. The van der Waals surface area contributed by atoms with E-state index in [0.29, 0.717) is 16.3 Å². The molecule has 2 aromatic carbocycles. The summed E-state index contributed by atoms with van der Waals surface area (Å²) < 4.78 is 2.42. The highest BCUT2D eigenvalue weighted by atomic mass is 79.9. The molecule has 0 bridgehead atoms. The molecule has 0 aliphatic carbocycles. The van der Waals surface area contributed by atoms with Crippen molar-refractivity contribution in [2.24, 2.45) is 0 Å². The van der Waals surface area contributed by atoms with Gasteiger partial charge >= 0.3 is 0 Å². The van der Waals surface area contributed by atoms with Crippen LogP contribution in [0, 0.1) is 0 Å². The summed E-state index contributed by atoms with van der Waals surface area (Å²) in [6, 6.07) is 16.4. The summed E-state index contributed by atoms with van der Waals surface area (Å²) in [5.74, 6) is -0.164. The fourth-order valence-corrected chi connectivity index (χ4v) is 2.62. The van der Waals surface area contributed by atoms with E-state index < -0.39 is 0 Å². The van der Waals surface area contributed by atoms with Crippen molar-refractivity contribution in [1.29, 1.82) is 0 Å². The van der Waals surface area contributed by atoms with Crippen LogP contribution in [0.3, 0.4) is 0 Å². The van der Waals surface area contributed by atoms with Crippen molar-refractivity contribution >= 4 is 33.3 Å². The van der Waals surface area contributed by atoms with Crippen LogP contribution in [-0.4, -0.2) is 15.6 Å². The SMILES string of the molecule is O=C(c1cc(Br)ccc1Cl)c1ccnn1-c1ccccc1. The summed E-state index contributed by atoms with van der Waals surface area (Å²) in [6.07, 6.45) is 1.60. The van der Waals surface area contributed by atoms with Crippen LogP contribution < -0.4 is 0 Å². The molecule has 0 unspecified atom stereocenters. The molecule has 0 saturated heterocycles. The molecular formula is C16H10BrClN2O. The molecule has 0 radical (unpaired) electrons. The molecule has 1 heterocycles. The molecule has 0 spiro atoms. The van der Waals surface area contributed by atoms with E-state index in [1.54, 1.807) is 35.1 Å². The summed E-state index contributed by atoms with van der Waals surface area (Å²) in [6.45, 7) is 0. The first-order valence-electron chi connectivity index (χ1n) is 6.26. The van der Waals surface area contributed by atoms with Gasteiger partial charge in [0.25, 0.3) is 0 Å². The van der Waals surface area contributed by atoms with Crippen LogP contribution in [0.4, 0.5) is 0 Å². The number of benzene rings is 2. The highest BCUT2D eigenvalue weighted by Gasteiger charge is 2.18. The molecular weight excluding hydrogens is 352 g/mol. The minimum Gasteiger partial charge on any atom is -0.287 e. The van der Waals surface area contributed by atoms with Gasteiger partial charge in [0.15, 0.2) is 0 Å². The lowest BCUT2D eigenvalue weighted by atomic mass is 10.1. The molecule has 5 heteroatoms. The molecule has 0 atom stereocenters. The molecule has 0 fully saturated rings. The third-order valence-corrected chi connectivity index (χ3v) is 3.87. The van der Waals surface area contributed by atoms with Crippen LogP contribution in [0.2, 0.25) is 5.02 Å². The maximum absolute atomic E-state index is 12.7. The zero-order valence-corrected chi connectivity index (χ0v) is 13.2. The van der Waals surface area contributed by atoms with Crippen LogP contribution in [-0.2, 0) is 0 Å². The Bertz CT molecular complexity index is 799. The predicted molar refractivity (Wildman–Crippen MR) is 86.1 cm³/mol. The van der Waals surface area contributed by atoms with Crippen molar-refractivity contribution in [3.63, 3.8) is 0 Å². The molecule has 0 N–H and O–H groups in total. The Hall–Kier alpha value is -1.91. The van der Waals surface area contributed by atoms with Gasteiger partial charge in [-0.25, -0.2) is 4.68 Å². The average Bonchev–Trinajstić information content (AvgIpc) is 2.99. The Labute approximate surface area is 135 Å². The second-order valence-electron chi connectivity index (χ2n) is 4.42. The van der Waals surface area contributed by atoms with Crippen molar-refractivity contribution < 1.29 is 4.79 Å². The van der Waals surface area contributed by atoms with Crippen LogP contribution in [0.15, 0.2) is 65.3 Å².